The molecule has 1 aliphatic rings. The van der Waals surface area contributed by atoms with Crippen LogP contribution in [0.5, 0.6) is 0 Å². The molecule has 25 heavy (non-hydrogen) atoms. The molecule has 1 fully saturated rings. The van der Waals surface area contributed by atoms with Gasteiger partial charge >= 0.3 is 0 Å². The largest absolute Gasteiger partial charge is 0.340 e. The van der Waals surface area contributed by atoms with E-state index in [1.54, 1.807) is 4.68 Å². The van der Waals surface area contributed by atoms with Crippen LogP contribution in [-0.4, -0.2) is 68.6 Å². The molecule has 2 heterocycles. The highest BCUT2D eigenvalue weighted by atomic mass is 16.2. The van der Waals surface area contributed by atoms with E-state index < -0.39 is 0 Å². The molecular formula is C18H26N6O. The molecule has 0 N–H and O–H groups in total. The second kappa shape index (κ2) is 8.71. The van der Waals surface area contributed by atoms with Crippen molar-refractivity contribution in [3.63, 3.8) is 0 Å². The minimum absolute atomic E-state index is 0.0986. The number of aryl methyl sites for hydroxylation is 2. The molecule has 0 unspecified atom stereocenters. The van der Waals surface area contributed by atoms with Crippen molar-refractivity contribution in [3.8, 4) is 0 Å². The van der Waals surface area contributed by atoms with Crippen molar-refractivity contribution in [2.75, 3.05) is 32.7 Å². The molecule has 1 aromatic heterocycles. The highest BCUT2D eigenvalue weighted by Gasteiger charge is 2.20. The number of benzene rings is 1. The fraction of sp³-hybridized carbons (Fsp3) is 0.556. The van der Waals surface area contributed by atoms with Gasteiger partial charge in [0.1, 0.15) is 12.4 Å². The summed E-state index contributed by atoms with van der Waals surface area (Å²) in [6, 6.07) is 10.6. The lowest BCUT2D eigenvalue weighted by atomic mass is 10.1. The van der Waals surface area contributed by atoms with Crippen LogP contribution in [0.4, 0.5) is 0 Å². The van der Waals surface area contributed by atoms with E-state index in [0.29, 0.717) is 5.82 Å². The number of aromatic nitrogens is 4. The first-order valence-electron chi connectivity index (χ1n) is 8.99. The number of amides is 1. The topological polar surface area (TPSA) is 67.2 Å². The second-order valence-corrected chi connectivity index (χ2v) is 6.55. The minimum atomic E-state index is 0.0986. The van der Waals surface area contributed by atoms with Gasteiger partial charge in [-0.2, -0.15) is 0 Å². The zero-order chi connectivity index (χ0) is 17.5. The number of hydrogen-bond acceptors (Lipinski definition) is 5. The molecule has 1 aliphatic heterocycles. The normalized spacial score (nSPS) is 16.0. The number of hydrogen-bond donors (Lipinski definition) is 0. The summed E-state index contributed by atoms with van der Waals surface area (Å²) in [7, 11) is 0. The van der Waals surface area contributed by atoms with Gasteiger partial charge < -0.3 is 9.80 Å². The van der Waals surface area contributed by atoms with Gasteiger partial charge in [-0.25, -0.2) is 4.68 Å². The molecule has 0 radical (unpaired) electrons. The molecule has 0 atom stereocenters. The van der Waals surface area contributed by atoms with Crippen LogP contribution >= 0.6 is 0 Å². The van der Waals surface area contributed by atoms with Crippen molar-refractivity contribution in [2.45, 2.75) is 32.7 Å². The summed E-state index contributed by atoms with van der Waals surface area (Å²) in [5.41, 5.74) is 1.39. The molecular weight excluding hydrogens is 316 g/mol. The molecule has 134 valence electrons. The Hall–Kier alpha value is -2.28. The Balaban J connectivity index is 1.42. The number of rotatable bonds is 6. The van der Waals surface area contributed by atoms with E-state index in [2.05, 4.69) is 50.8 Å². The Labute approximate surface area is 148 Å². The zero-order valence-corrected chi connectivity index (χ0v) is 14.8. The van der Waals surface area contributed by atoms with E-state index in [9.17, 15) is 4.79 Å². The van der Waals surface area contributed by atoms with Gasteiger partial charge in [0.05, 0.1) is 0 Å². The average molecular weight is 342 g/mol. The third-order valence-electron chi connectivity index (χ3n) is 4.72. The maximum atomic E-state index is 12.5. The van der Waals surface area contributed by atoms with Crippen molar-refractivity contribution in [1.29, 1.82) is 0 Å². The molecule has 7 heteroatoms. The van der Waals surface area contributed by atoms with Gasteiger partial charge in [-0.3, -0.25) is 4.79 Å². The second-order valence-electron chi connectivity index (χ2n) is 6.55. The van der Waals surface area contributed by atoms with E-state index >= 15 is 0 Å². The van der Waals surface area contributed by atoms with E-state index in [4.69, 9.17) is 0 Å². The van der Waals surface area contributed by atoms with Gasteiger partial charge in [-0.05, 0) is 55.3 Å². The smallest absolute Gasteiger partial charge is 0.244 e. The summed E-state index contributed by atoms with van der Waals surface area (Å²) in [6.45, 7) is 6.72. The fourth-order valence-corrected chi connectivity index (χ4v) is 3.22. The first-order valence-corrected chi connectivity index (χ1v) is 8.99. The van der Waals surface area contributed by atoms with Gasteiger partial charge in [0.2, 0.25) is 5.91 Å². The maximum Gasteiger partial charge on any atom is 0.244 e. The molecule has 3 rings (SSSR count). The minimum Gasteiger partial charge on any atom is -0.340 e. The van der Waals surface area contributed by atoms with Crippen LogP contribution in [0.2, 0.25) is 0 Å². The van der Waals surface area contributed by atoms with Crippen LogP contribution in [0.15, 0.2) is 30.3 Å². The van der Waals surface area contributed by atoms with Gasteiger partial charge in [-0.15, -0.1) is 5.10 Å². The highest BCUT2D eigenvalue weighted by Crippen LogP contribution is 2.08. The predicted octanol–water partition coefficient (Wildman–Crippen LogP) is 1.15. The molecule has 1 amide bonds. The summed E-state index contributed by atoms with van der Waals surface area (Å²) in [5, 5.41) is 11.3. The standard InChI is InChI=1S/C18H26N6O/c1-16-19-20-21-24(16)15-18(25)23-12-6-11-22(13-14-23)10-5-9-17-7-3-2-4-8-17/h2-4,7-8H,5-6,9-15H2,1H3. The first kappa shape index (κ1) is 17.5. The summed E-state index contributed by atoms with van der Waals surface area (Å²) >= 11 is 0. The third kappa shape index (κ3) is 5.09. The Kier molecular flexibility index (Phi) is 6.11. The van der Waals surface area contributed by atoms with Crippen LogP contribution in [0.3, 0.4) is 0 Å². The Morgan fingerprint density at radius 3 is 2.72 bits per heavy atom. The van der Waals surface area contributed by atoms with Crippen molar-refractivity contribution in [3.05, 3.63) is 41.7 Å². The molecule has 2 aromatic rings. The average Bonchev–Trinajstić information content (AvgIpc) is 2.88. The van der Waals surface area contributed by atoms with Crippen LogP contribution in [0.1, 0.15) is 24.2 Å². The maximum absolute atomic E-state index is 12.5. The fourth-order valence-electron chi connectivity index (χ4n) is 3.22. The number of tetrazole rings is 1. The van der Waals surface area contributed by atoms with E-state index in [-0.39, 0.29) is 12.5 Å². The van der Waals surface area contributed by atoms with Gasteiger partial charge in [-0.1, -0.05) is 30.3 Å². The van der Waals surface area contributed by atoms with Crippen molar-refractivity contribution < 1.29 is 4.79 Å². The molecule has 0 bridgehead atoms. The van der Waals surface area contributed by atoms with Crippen molar-refractivity contribution in [1.82, 2.24) is 30.0 Å². The van der Waals surface area contributed by atoms with Crippen LogP contribution in [0, 0.1) is 6.92 Å². The Morgan fingerprint density at radius 2 is 1.96 bits per heavy atom. The van der Waals surface area contributed by atoms with E-state index in [1.165, 1.54) is 5.56 Å². The van der Waals surface area contributed by atoms with Gasteiger partial charge in [0, 0.05) is 19.6 Å². The van der Waals surface area contributed by atoms with Crippen molar-refractivity contribution in [2.24, 2.45) is 0 Å². The lowest BCUT2D eigenvalue weighted by Crippen LogP contribution is -2.37. The lowest BCUT2D eigenvalue weighted by molar-refractivity contribution is -0.132. The number of carbonyl (C=O) groups is 1. The molecule has 0 saturated carbocycles. The quantitative estimate of drug-likeness (QED) is 0.788. The van der Waals surface area contributed by atoms with Gasteiger partial charge in [0.25, 0.3) is 0 Å². The number of carbonyl (C=O) groups excluding carboxylic acids is 1. The third-order valence-corrected chi connectivity index (χ3v) is 4.72. The van der Waals surface area contributed by atoms with Crippen LogP contribution < -0.4 is 0 Å². The molecule has 1 aromatic carbocycles. The van der Waals surface area contributed by atoms with Gasteiger partial charge in [0.15, 0.2) is 0 Å². The molecule has 0 spiro atoms. The van der Waals surface area contributed by atoms with E-state index in [1.807, 2.05) is 11.8 Å². The van der Waals surface area contributed by atoms with E-state index in [0.717, 1.165) is 52.0 Å². The lowest BCUT2D eigenvalue weighted by Gasteiger charge is -2.22. The van der Waals surface area contributed by atoms with Crippen molar-refractivity contribution >= 4 is 5.91 Å². The molecule has 7 nitrogen and oxygen atoms in total. The number of nitrogens with zero attached hydrogens (tertiary/aromatic N) is 6. The summed E-state index contributed by atoms with van der Waals surface area (Å²) in [5.74, 6) is 0.771. The summed E-state index contributed by atoms with van der Waals surface area (Å²) in [4.78, 5) is 16.9. The first-order chi connectivity index (χ1) is 12.2. The SMILES string of the molecule is Cc1nnnn1CC(=O)N1CCCN(CCCc2ccccc2)CC1. The zero-order valence-electron chi connectivity index (χ0n) is 14.8. The molecule has 0 aliphatic carbocycles. The monoisotopic (exact) mass is 342 g/mol. The predicted molar refractivity (Wildman–Crippen MR) is 95.0 cm³/mol. The summed E-state index contributed by atoms with van der Waals surface area (Å²) < 4.78 is 1.56. The van der Waals surface area contributed by atoms with Crippen LogP contribution in [-0.2, 0) is 17.8 Å². The highest BCUT2D eigenvalue weighted by molar-refractivity contribution is 5.75. The summed E-state index contributed by atoms with van der Waals surface area (Å²) in [6.07, 6.45) is 3.28. The Bertz CT molecular complexity index is 671. The molecule has 1 saturated heterocycles. The Morgan fingerprint density at radius 1 is 1.12 bits per heavy atom. The van der Waals surface area contributed by atoms with Crippen LogP contribution in [0.25, 0.3) is 0 Å².